The van der Waals surface area contributed by atoms with Gasteiger partial charge in [0.2, 0.25) is 0 Å². The molecule has 0 radical (unpaired) electrons. The predicted octanol–water partition coefficient (Wildman–Crippen LogP) is 7.22. The van der Waals surface area contributed by atoms with E-state index in [2.05, 4.69) is 59.3 Å². The van der Waals surface area contributed by atoms with Gasteiger partial charge < -0.3 is 60.4 Å². The summed E-state index contributed by atoms with van der Waals surface area (Å²) in [6.07, 6.45) is 2.37. The molecule has 2 atom stereocenters. The van der Waals surface area contributed by atoms with Crippen LogP contribution < -0.4 is 0 Å². The molecule has 1 heterocycles. The monoisotopic (exact) mass is 900 g/mol. The molecule has 0 aromatic carbocycles. The molecule has 23 heteroatoms. The number of unbranched alkanes of at least 4 members (excludes halogenated alkanes) is 1. The summed E-state index contributed by atoms with van der Waals surface area (Å²) in [5.41, 5.74) is 0. The summed E-state index contributed by atoms with van der Waals surface area (Å²) >= 11 is 0. The van der Waals surface area contributed by atoms with Gasteiger partial charge in [-0.2, -0.15) is 0 Å². The maximum atomic E-state index is 7.49. The number of hydrogen-bond donors (Lipinski definition) is 0. The Morgan fingerprint density at radius 1 is 0.385 bits per heavy atom. The van der Waals surface area contributed by atoms with Gasteiger partial charge in [-0.25, -0.2) is 0 Å². The lowest BCUT2D eigenvalue weighted by Crippen LogP contribution is -2.68. The molecule has 0 spiro atoms. The summed E-state index contributed by atoms with van der Waals surface area (Å²) in [6.45, 7) is 20.2. The van der Waals surface area contributed by atoms with Crippen molar-refractivity contribution in [1.82, 2.24) is 0 Å². The Bertz CT molecular complexity index is 973. The fourth-order valence-corrected chi connectivity index (χ4v) is 51.8. The van der Waals surface area contributed by atoms with E-state index in [-0.39, 0.29) is 0 Å². The number of rotatable bonds is 26. The fraction of sp³-hybridized carbons (Fsp3) is 1.00. The summed E-state index contributed by atoms with van der Waals surface area (Å²) < 4.78 is 89.5. The van der Waals surface area contributed by atoms with Gasteiger partial charge in [0.05, 0.1) is 0 Å². The van der Waals surface area contributed by atoms with E-state index in [0.29, 0.717) is 36.3 Å². The first kappa shape index (κ1) is 51.4. The van der Waals surface area contributed by atoms with Crippen LogP contribution in [-0.2, 0) is 60.4 Å². The third-order valence-corrected chi connectivity index (χ3v) is 46.1. The van der Waals surface area contributed by atoms with Gasteiger partial charge in [-0.05, 0) is 88.6 Å². The zero-order valence-corrected chi connectivity index (χ0v) is 45.0. The van der Waals surface area contributed by atoms with Gasteiger partial charge in [0.25, 0.3) is 0 Å². The molecule has 14 nitrogen and oxygen atoms in total. The Morgan fingerprint density at radius 2 is 0.615 bits per heavy atom. The normalized spacial score (nSPS) is 27.1. The van der Waals surface area contributed by atoms with Crippen molar-refractivity contribution in [2.45, 2.75) is 127 Å². The third kappa shape index (κ3) is 15.6. The largest absolute Gasteiger partial charge is 0.500 e. The maximum absolute atomic E-state index is 7.49. The second-order valence-electron chi connectivity index (χ2n) is 15.6. The molecule has 1 rings (SSSR count). The van der Waals surface area contributed by atoms with Crippen LogP contribution in [-0.4, -0.2) is 141 Å². The second kappa shape index (κ2) is 21.4. The molecule has 0 aromatic rings. The van der Waals surface area contributed by atoms with Crippen molar-refractivity contribution in [3.05, 3.63) is 0 Å². The average Bonchev–Trinajstić information content (AvgIpc) is 3.08. The van der Waals surface area contributed by atoms with Crippen LogP contribution in [0.15, 0.2) is 0 Å². The van der Waals surface area contributed by atoms with Crippen molar-refractivity contribution < 1.29 is 60.4 Å². The molecule has 52 heavy (non-hydrogen) atoms. The van der Waals surface area contributed by atoms with Crippen molar-refractivity contribution in [3.8, 4) is 0 Å². The molecule has 0 bridgehead atoms. The topological polar surface area (TPSA) is 129 Å². The van der Waals surface area contributed by atoms with Crippen LogP contribution in [0, 0.1) is 0 Å². The predicted molar refractivity (Wildman–Crippen MR) is 225 cm³/mol. The van der Waals surface area contributed by atoms with Crippen LogP contribution in [0.5, 0.6) is 0 Å². The van der Waals surface area contributed by atoms with Gasteiger partial charge in [-0.3, -0.25) is 0 Å². The highest BCUT2D eigenvalue weighted by Gasteiger charge is 2.59. The Hall–Kier alpha value is 1.39. The van der Waals surface area contributed by atoms with Crippen molar-refractivity contribution in [2.75, 3.05) is 64.0 Å². The molecule has 0 saturated carbocycles. The SMILES string of the molecule is CCCC[Si](C)(C)O[Si](C)(C)CC[Si]1(C)O[Si](C)(CC[Si](OC)(OC)OC)O[Si](C)(CC[Si](OC)(OC)OC)O[Si](C)(CC[Si](OC)(OC)OC)O1. The highest BCUT2D eigenvalue weighted by Crippen LogP contribution is 2.42. The molecule has 0 N–H and O–H groups in total. The van der Waals surface area contributed by atoms with Crippen LogP contribution in [0.2, 0.25) is 107 Å². The van der Waals surface area contributed by atoms with Crippen molar-refractivity contribution in [1.29, 1.82) is 0 Å². The first-order valence-electron chi connectivity index (χ1n) is 18.4. The lowest BCUT2D eigenvalue weighted by atomic mass is 10.4. The Kier molecular flexibility index (Phi) is 21.2. The average molecular weight is 902 g/mol. The summed E-state index contributed by atoms with van der Waals surface area (Å²) in [7, 11) is -10.4. The Balaban J connectivity index is 3.78. The molecule has 1 fully saturated rings. The summed E-state index contributed by atoms with van der Waals surface area (Å²) in [5.74, 6) is 0. The fourth-order valence-electron chi connectivity index (χ4n) is 7.11. The van der Waals surface area contributed by atoms with E-state index in [1.165, 1.54) is 12.8 Å². The van der Waals surface area contributed by atoms with Crippen LogP contribution in [0.1, 0.15) is 19.8 Å². The summed E-state index contributed by atoms with van der Waals surface area (Å²) in [4.78, 5) is 0. The quantitative estimate of drug-likeness (QED) is 0.0811. The van der Waals surface area contributed by atoms with Crippen LogP contribution in [0.4, 0.5) is 0 Å². The molecule has 1 aliphatic rings. The van der Waals surface area contributed by atoms with E-state index in [1.807, 2.05) is 0 Å². The lowest BCUT2D eigenvalue weighted by molar-refractivity contribution is 0.122. The highest BCUT2D eigenvalue weighted by molar-refractivity contribution is 6.95. The van der Waals surface area contributed by atoms with Crippen LogP contribution in [0.3, 0.4) is 0 Å². The molecule has 0 amide bonds. The Morgan fingerprint density at radius 3 is 0.846 bits per heavy atom. The van der Waals surface area contributed by atoms with Crippen LogP contribution >= 0.6 is 0 Å². The standard InChI is InChI=1S/C29H76O14Si9/c1-19-20-21-44(11,12)39-45(13,14)22-23-46(15)40-47(16,24-27-50(30-2,31-3)32-4)42-49(18,26-29-52(36-8,37-9)38-10)43-48(17,41-46)25-28-51(33-5,34-6)35-7/h19-29H2,1-18H3. The molecular formula is C29H76O14Si9. The molecule has 2 unspecified atom stereocenters. The van der Waals surface area contributed by atoms with Crippen LogP contribution in [0.25, 0.3) is 0 Å². The smallest absolute Gasteiger partial charge is 0.456 e. The molecule has 312 valence electrons. The van der Waals surface area contributed by atoms with Gasteiger partial charge in [0, 0.05) is 82.1 Å². The molecule has 1 saturated heterocycles. The highest BCUT2D eigenvalue weighted by atomic mass is 28.5. The maximum Gasteiger partial charge on any atom is 0.500 e. The first-order valence-corrected chi connectivity index (χ1v) is 40.6. The van der Waals surface area contributed by atoms with Crippen molar-refractivity contribution in [2.24, 2.45) is 0 Å². The third-order valence-electron chi connectivity index (χ3n) is 10.0. The summed E-state index contributed by atoms with van der Waals surface area (Å²) in [6, 6.07) is 6.11. The minimum Gasteiger partial charge on any atom is -0.456 e. The first-order chi connectivity index (χ1) is 24.0. The van der Waals surface area contributed by atoms with E-state index >= 15 is 0 Å². The van der Waals surface area contributed by atoms with Gasteiger partial charge in [-0.15, -0.1) is 0 Å². The van der Waals surface area contributed by atoms with E-state index in [9.17, 15) is 0 Å². The molecule has 1 aliphatic heterocycles. The minimum absolute atomic E-state index is 0.511. The van der Waals surface area contributed by atoms with Gasteiger partial charge in [0.15, 0.2) is 16.6 Å². The minimum atomic E-state index is -3.10. The zero-order valence-electron chi connectivity index (χ0n) is 36.0. The van der Waals surface area contributed by atoms with E-state index in [0.717, 1.165) is 18.1 Å². The lowest BCUT2D eigenvalue weighted by Gasteiger charge is -2.51. The zero-order chi connectivity index (χ0) is 40.2. The second-order valence-corrected chi connectivity index (χ2v) is 48.0. The van der Waals surface area contributed by atoms with E-state index < -0.39 is 77.3 Å². The molecular weight excluding hydrogens is 825 g/mol. The van der Waals surface area contributed by atoms with E-state index in [4.69, 9.17) is 60.4 Å². The molecule has 0 aromatic heterocycles. The van der Waals surface area contributed by atoms with Crippen molar-refractivity contribution in [3.63, 3.8) is 0 Å². The molecule has 0 aliphatic carbocycles. The number of hydrogen-bond acceptors (Lipinski definition) is 14. The Labute approximate surface area is 326 Å². The van der Waals surface area contributed by atoms with E-state index in [1.54, 1.807) is 64.0 Å². The van der Waals surface area contributed by atoms with Gasteiger partial charge in [0.1, 0.15) is 0 Å². The van der Waals surface area contributed by atoms with Gasteiger partial charge >= 0.3 is 60.7 Å². The summed E-state index contributed by atoms with van der Waals surface area (Å²) in [5, 5.41) is 0. The van der Waals surface area contributed by atoms with Gasteiger partial charge in [-0.1, -0.05) is 19.8 Å². The van der Waals surface area contributed by atoms with Crippen molar-refractivity contribution >= 4 is 77.3 Å².